The highest BCUT2D eigenvalue weighted by Gasteiger charge is 2.49. The quantitative estimate of drug-likeness (QED) is 0.832. The molecule has 1 aromatic carbocycles. The van der Waals surface area contributed by atoms with Gasteiger partial charge in [-0.1, -0.05) is 38.1 Å². The lowest BCUT2D eigenvalue weighted by molar-refractivity contribution is -0.0908. The van der Waals surface area contributed by atoms with Crippen molar-refractivity contribution >= 4 is 10.0 Å². The lowest BCUT2D eigenvalue weighted by Crippen LogP contribution is -2.61. The maximum Gasteiger partial charge on any atom is 0.216 e. The molecule has 1 aliphatic rings. The molecule has 2 unspecified atom stereocenters. The number of sulfonamides is 1. The summed E-state index contributed by atoms with van der Waals surface area (Å²) in [7, 11) is -1.73. The number of hydrogen-bond acceptors (Lipinski definition) is 4. The predicted molar refractivity (Wildman–Crippen MR) is 81.1 cm³/mol. The van der Waals surface area contributed by atoms with E-state index in [1.165, 1.54) is 0 Å². The summed E-state index contributed by atoms with van der Waals surface area (Å²) in [4.78, 5) is 0. The first-order valence-electron chi connectivity index (χ1n) is 7.00. The van der Waals surface area contributed by atoms with Crippen molar-refractivity contribution in [2.45, 2.75) is 44.8 Å². The van der Waals surface area contributed by atoms with Gasteiger partial charge in [0.15, 0.2) is 0 Å². The third-order valence-corrected chi connectivity index (χ3v) is 5.70. The van der Waals surface area contributed by atoms with Gasteiger partial charge < -0.3 is 9.84 Å². The van der Waals surface area contributed by atoms with Crippen LogP contribution in [0.5, 0.6) is 0 Å². The van der Waals surface area contributed by atoms with Gasteiger partial charge in [-0.3, -0.25) is 0 Å². The van der Waals surface area contributed by atoms with Gasteiger partial charge >= 0.3 is 0 Å². The van der Waals surface area contributed by atoms with Crippen molar-refractivity contribution in [3.8, 4) is 0 Å². The normalized spacial score (nSPS) is 24.6. The summed E-state index contributed by atoms with van der Waals surface area (Å²) in [6.07, 6.45) is 0.792. The Morgan fingerprint density at radius 2 is 1.86 bits per heavy atom. The number of ether oxygens (including phenoxy) is 1. The zero-order valence-corrected chi connectivity index (χ0v) is 13.5. The Morgan fingerprint density at radius 1 is 1.29 bits per heavy atom. The number of aliphatic hydroxyl groups is 1. The first-order valence-corrected chi connectivity index (χ1v) is 8.65. The molecule has 118 valence electrons. The molecule has 6 heteroatoms. The molecule has 0 bridgehead atoms. The van der Waals surface area contributed by atoms with Gasteiger partial charge in [0.05, 0.1) is 18.5 Å². The van der Waals surface area contributed by atoms with E-state index < -0.39 is 10.0 Å². The van der Waals surface area contributed by atoms with Crippen LogP contribution >= 0.6 is 0 Å². The minimum absolute atomic E-state index is 0.0417. The van der Waals surface area contributed by atoms with Crippen molar-refractivity contribution in [3.63, 3.8) is 0 Å². The summed E-state index contributed by atoms with van der Waals surface area (Å²) in [6, 6.07) is 6.84. The third kappa shape index (κ3) is 3.63. The molecule has 2 atom stereocenters. The zero-order chi connectivity index (χ0) is 15.7. The molecule has 0 saturated heterocycles. The van der Waals surface area contributed by atoms with E-state index in [1.807, 2.05) is 13.8 Å². The minimum atomic E-state index is -3.39. The van der Waals surface area contributed by atoms with Crippen molar-refractivity contribution in [1.29, 1.82) is 0 Å². The van der Waals surface area contributed by atoms with Crippen molar-refractivity contribution in [2.75, 3.05) is 7.11 Å². The SMILES string of the molecule is COC1CC(NS(=O)(=O)Cc2ccc(CO)cc2)C1(C)C. The topological polar surface area (TPSA) is 75.6 Å². The van der Waals surface area contributed by atoms with Crippen LogP contribution in [0.1, 0.15) is 31.4 Å². The van der Waals surface area contributed by atoms with Crippen molar-refractivity contribution in [2.24, 2.45) is 5.41 Å². The van der Waals surface area contributed by atoms with E-state index in [0.29, 0.717) is 12.0 Å². The van der Waals surface area contributed by atoms with Crippen LogP contribution in [0.2, 0.25) is 0 Å². The maximum atomic E-state index is 12.2. The molecule has 0 aliphatic heterocycles. The van der Waals surface area contributed by atoms with Crippen LogP contribution in [-0.4, -0.2) is 32.8 Å². The highest BCUT2D eigenvalue weighted by molar-refractivity contribution is 7.88. The highest BCUT2D eigenvalue weighted by Crippen LogP contribution is 2.42. The van der Waals surface area contributed by atoms with Crippen LogP contribution < -0.4 is 4.72 Å². The van der Waals surface area contributed by atoms with Gasteiger partial charge in [-0.05, 0) is 17.5 Å². The number of rotatable bonds is 6. The van der Waals surface area contributed by atoms with Gasteiger partial charge in [-0.25, -0.2) is 13.1 Å². The van der Waals surface area contributed by atoms with E-state index in [0.717, 1.165) is 5.56 Å². The van der Waals surface area contributed by atoms with Crippen LogP contribution in [0.4, 0.5) is 0 Å². The molecule has 0 spiro atoms. The van der Waals surface area contributed by atoms with Gasteiger partial charge in [0, 0.05) is 18.6 Å². The van der Waals surface area contributed by atoms with Gasteiger partial charge in [0.2, 0.25) is 10.0 Å². The highest BCUT2D eigenvalue weighted by atomic mass is 32.2. The molecular weight excluding hydrogens is 290 g/mol. The zero-order valence-electron chi connectivity index (χ0n) is 12.7. The Kier molecular flexibility index (Phi) is 4.72. The smallest absolute Gasteiger partial charge is 0.216 e. The molecule has 0 aromatic heterocycles. The first kappa shape index (κ1) is 16.4. The second-order valence-corrected chi connectivity index (χ2v) is 7.94. The molecule has 0 radical (unpaired) electrons. The molecule has 1 saturated carbocycles. The van der Waals surface area contributed by atoms with Crippen LogP contribution in [0, 0.1) is 5.41 Å². The lowest BCUT2D eigenvalue weighted by atomic mass is 9.65. The molecule has 1 aromatic rings. The fourth-order valence-corrected chi connectivity index (χ4v) is 4.25. The van der Waals surface area contributed by atoms with Gasteiger partial charge in [-0.15, -0.1) is 0 Å². The van der Waals surface area contributed by atoms with E-state index in [2.05, 4.69) is 4.72 Å². The van der Waals surface area contributed by atoms with Gasteiger partial charge in [0.1, 0.15) is 0 Å². The molecule has 21 heavy (non-hydrogen) atoms. The summed E-state index contributed by atoms with van der Waals surface area (Å²) >= 11 is 0. The maximum absolute atomic E-state index is 12.2. The Bertz CT molecular complexity index is 580. The first-order chi connectivity index (χ1) is 9.78. The summed E-state index contributed by atoms with van der Waals surface area (Å²) in [5.74, 6) is -0.0526. The second-order valence-electron chi connectivity index (χ2n) is 6.19. The number of nitrogens with one attached hydrogen (secondary N) is 1. The molecule has 0 heterocycles. The van der Waals surface area contributed by atoms with E-state index in [9.17, 15) is 8.42 Å². The summed E-state index contributed by atoms with van der Waals surface area (Å²) < 4.78 is 32.6. The van der Waals surface area contributed by atoms with Crippen molar-refractivity contribution in [3.05, 3.63) is 35.4 Å². The minimum Gasteiger partial charge on any atom is -0.392 e. The van der Waals surface area contributed by atoms with E-state index in [4.69, 9.17) is 9.84 Å². The average molecular weight is 313 g/mol. The van der Waals surface area contributed by atoms with Gasteiger partial charge in [0.25, 0.3) is 0 Å². The molecule has 2 rings (SSSR count). The van der Waals surface area contributed by atoms with E-state index in [-0.39, 0.29) is 29.9 Å². The standard InChI is InChI=1S/C15H23NO4S/c1-15(2)13(8-14(15)20-3)16-21(18,19)10-12-6-4-11(9-17)5-7-12/h4-7,13-14,16-17H,8-10H2,1-3H3. The fraction of sp³-hybridized carbons (Fsp3) is 0.600. The second kappa shape index (κ2) is 6.04. The Morgan fingerprint density at radius 3 is 2.33 bits per heavy atom. The monoisotopic (exact) mass is 313 g/mol. The molecular formula is C15H23NO4S. The van der Waals surface area contributed by atoms with Crippen molar-refractivity contribution in [1.82, 2.24) is 4.72 Å². The molecule has 1 fully saturated rings. The Balaban J connectivity index is 1.99. The number of benzene rings is 1. The van der Waals surface area contributed by atoms with Crippen LogP contribution in [-0.2, 0) is 27.1 Å². The Hall–Kier alpha value is -0.950. The lowest BCUT2D eigenvalue weighted by Gasteiger charge is -2.50. The molecule has 5 nitrogen and oxygen atoms in total. The average Bonchev–Trinajstić information content (AvgIpc) is 2.43. The molecule has 0 amide bonds. The van der Waals surface area contributed by atoms with Crippen LogP contribution in [0.3, 0.4) is 0 Å². The summed E-state index contributed by atoms with van der Waals surface area (Å²) in [5.41, 5.74) is 1.29. The number of methoxy groups -OCH3 is 1. The predicted octanol–water partition coefficient (Wildman–Crippen LogP) is 1.41. The fourth-order valence-electron chi connectivity index (χ4n) is 2.70. The number of hydrogen-bond donors (Lipinski definition) is 2. The largest absolute Gasteiger partial charge is 0.392 e. The third-order valence-electron chi connectivity index (χ3n) is 4.35. The van der Waals surface area contributed by atoms with E-state index in [1.54, 1.807) is 31.4 Å². The Labute approximate surface area is 126 Å². The number of aliphatic hydroxyl groups excluding tert-OH is 1. The van der Waals surface area contributed by atoms with Crippen LogP contribution in [0.25, 0.3) is 0 Å². The summed E-state index contributed by atoms with van der Waals surface area (Å²) in [5, 5.41) is 8.98. The molecule has 1 aliphatic carbocycles. The van der Waals surface area contributed by atoms with E-state index >= 15 is 0 Å². The van der Waals surface area contributed by atoms with Crippen LogP contribution in [0.15, 0.2) is 24.3 Å². The van der Waals surface area contributed by atoms with Crippen molar-refractivity contribution < 1.29 is 18.3 Å². The molecule has 2 N–H and O–H groups in total. The summed E-state index contributed by atoms with van der Waals surface area (Å²) in [6.45, 7) is 3.97. The van der Waals surface area contributed by atoms with Gasteiger partial charge in [-0.2, -0.15) is 0 Å².